The quantitative estimate of drug-likeness (QED) is 0.395. The van der Waals surface area contributed by atoms with E-state index >= 15 is 0 Å². The van der Waals surface area contributed by atoms with Gasteiger partial charge in [-0.1, -0.05) is 0 Å². The maximum absolute atomic E-state index is 12.2. The van der Waals surface area contributed by atoms with Crippen LogP contribution in [-0.4, -0.2) is 47.4 Å². The van der Waals surface area contributed by atoms with E-state index in [4.69, 9.17) is 18.1 Å². The number of hydrogen-bond acceptors (Lipinski definition) is 11. The number of nitrogens with zero attached hydrogens (tertiary/aromatic N) is 2. The molecule has 0 radical (unpaired) electrons. The first-order chi connectivity index (χ1) is 10.4. The van der Waals surface area contributed by atoms with Crippen molar-refractivity contribution in [2.75, 3.05) is 26.4 Å². The molecule has 0 amide bonds. The Morgan fingerprint density at radius 2 is 1.09 bits per heavy atom. The highest BCUT2D eigenvalue weighted by atomic mass is 31.3. The average Bonchev–Trinajstić information content (AvgIpc) is 2.46. The summed E-state index contributed by atoms with van der Waals surface area (Å²) in [6, 6.07) is 0. The van der Waals surface area contributed by atoms with Crippen LogP contribution in [0.4, 0.5) is 0 Å². The molecule has 0 aromatic carbocycles. The summed E-state index contributed by atoms with van der Waals surface area (Å²) in [4.78, 5) is 20.3. The Kier molecular flexibility index (Phi) is 4.68. The Balaban J connectivity index is 2.01. The fourth-order valence-electron chi connectivity index (χ4n) is 1.46. The van der Waals surface area contributed by atoms with Crippen molar-refractivity contribution < 1.29 is 41.4 Å². The molecule has 0 aliphatic carbocycles. The largest absolute Gasteiger partial charge is 0.484 e. The molecule has 2 saturated heterocycles. The molecule has 13 nitrogen and oxygen atoms in total. The second-order valence-corrected chi connectivity index (χ2v) is 9.05. The van der Waals surface area contributed by atoms with Gasteiger partial charge in [-0.3, -0.25) is 38.3 Å². The van der Waals surface area contributed by atoms with Crippen LogP contribution in [0, 0.1) is 20.2 Å². The number of hydrogen-bond donors (Lipinski definition) is 0. The van der Waals surface area contributed by atoms with E-state index in [1.54, 1.807) is 0 Å². The highest BCUT2D eigenvalue weighted by Crippen LogP contribution is 2.68. The zero-order valence-electron chi connectivity index (χ0n) is 12.1. The first-order valence-corrected chi connectivity index (χ1v) is 9.13. The monoisotopic (exact) mass is 376 g/mol. The molecule has 15 heteroatoms. The standard InChI is InChI=1S/C8H14N2O11P2/c1-7(9(11)12)3-17-22(15,18-4-7)21-23(16)19-5-8(2,6-20-23)10(13)14/h3-6H2,1-2H3. The van der Waals surface area contributed by atoms with Gasteiger partial charge in [0, 0.05) is 23.7 Å². The van der Waals surface area contributed by atoms with E-state index in [9.17, 15) is 29.4 Å². The van der Waals surface area contributed by atoms with Crippen molar-refractivity contribution in [3.8, 4) is 0 Å². The lowest BCUT2D eigenvalue weighted by atomic mass is 10.1. The molecule has 2 heterocycles. The molecule has 2 rings (SSSR count). The van der Waals surface area contributed by atoms with Crippen LogP contribution < -0.4 is 0 Å². The van der Waals surface area contributed by atoms with Gasteiger partial charge in [0.15, 0.2) is 0 Å². The third-order valence-electron chi connectivity index (χ3n) is 3.22. The maximum Gasteiger partial charge on any atom is 0.484 e. The summed E-state index contributed by atoms with van der Waals surface area (Å²) in [7, 11) is -8.84. The SMILES string of the molecule is CC1([N+](=O)[O-])COP(=O)(OP2(=O)OCC(C)([N+](=O)[O-])CO2)OC1. The second kappa shape index (κ2) is 5.85. The Morgan fingerprint density at radius 3 is 1.30 bits per heavy atom. The predicted molar refractivity (Wildman–Crippen MR) is 70.9 cm³/mol. The van der Waals surface area contributed by atoms with Crippen molar-refractivity contribution in [1.82, 2.24) is 0 Å². The summed E-state index contributed by atoms with van der Waals surface area (Å²) in [5.41, 5.74) is -3.27. The van der Waals surface area contributed by atoms with Crippen LogP contribution in [0.1, 0.15) is 13.8 Å². The lowest BCUT2D eigenvalue weighted by molar-refractivity contribution is -0.573. The van der Waals surface area contributed by atoms with Gasteiger partial charge in [-0.2, -0.15) is 4.31 Å². The number of phosphoric ester groups is 2. The summed E-state index contributed by atoms with van der Waals surface area (Å²) in [6.45, 7) is -0.0228. The van der Waals surface area contributed by atoms with Gasteiger partial charge in [-0.05, 0) is 0 Å². The Hall–Kier alpha value is -0.940. The molecule has 0 saturated carbocycles. The van der Waals surface area contributed by atoms with E-state index in [1.807, 2.05) is 0 Å². The number of nitro groups is 2. The molecule has 23 heavy (non-hydrogen) atoms. The molecule has 0 aromatic rings. The molecule has 0 spiro atoms. The molecule has 0 unspecified atom stereocenters. The summed E-state index contributed by atoms with van der Waals surface area (Å²) < 4.78 is 47.8. The molecule has 0 aromatic heterocycles. The molecule has 2 fully saturated rings. The van der Waals surface area contributed by atoms with Crippen molar-refractivity contribution in [3.05, 3.63) is 20.2 Å². The van der Waals surface area contributed by atoms with Crippen molar-refractivity contribution in [2.24, 2.45) is 0 Å². The summed E-state index contributed by atoms with van der Waals surface area (Å²) in [6.07, 6.45) is 0. The third-order valence-corrected chi connectivity index (χ3v) is 6.60. The average molecular weight is 376 g/mol. The van der Waals surface area contributed by atoms with Gasteiger partial charge in [-0.15, -0.1) is 0 Å². The van der Waals surface area contributed by atoms with Crippen LogP contribution in [0.3, 0.4) is 0 Å². The normalized spacial score (nSPS) is 44.6. The van der Waals surface area contributed by atoms with E-state index < -0.39 is 63.0 Å². The summed E-state index contributed by atoms with van der Waals surface area (Å²) in [5.74, 6) is 0. The van der Waals surface area contributed by atoms with Gasteiger partial charge in [0.1, 0.15) is 26.4 Å². The van der Waals surface area contributed by atoms with Crippen LogP contribution in [0.25, 0.3) is 0 Å². The first-order valence-electron chi connectivity index (χ1n) is 6.21. The highest BCUT2D eigenvalue weighted by molar-refractivity contribution is 7.62. The molecule has 132 valence electrons. The predicted octanol–water partition coefficient (Wildman–Crippen LogP) is 1.38. The first kappa shape index (κ1) is 18.4. The lowest BCUT2D eigenvalue weighted by Gasteiger charge is -2.33. The van der Waals surface area contributed by atoms with Gasteiger partial charge in [0.25, 0.3) is 11.1 Å². The maximum atomic E-state index is 12.2. The van der Waals surface area contributed by atoms with E-state index in [0.29, 0.717) is 0 Å². The van der Waals surface area contributed by atoms with E-state index in [2.05, 4.69) is 4.31 Å². The minimum Gasteiger partial charge on any atom is -0.279 e. The van der Waals surface area contributed by atoms with Gasteiger partial charge in [0.05, 0.1) is 0 Å². The number of phosphoric acid groups is 2. The Bertz CT molecular complexity index is 545. The van der Waals surface area contributed by atoms with Gasteiger partial charge < -0.3 is 0 Å². The van der Waals surface area contributed by atoms with Crippen molar-refractivity contribution >= 4 is 15.6 Å². The van der Waals surface area contributed by atoms with Crippen molar-refractivity contribution in [1.29, 1.82) is 0 Å². The smallest absolute Gasteiger partial charge is 0.279 e. The minimum absolute atomic E-state index is 0.607. The van der Waals surface area contributed by atoms with Gasteiger partial charge in [0.2, 0.25) is 0 Å². The third kappa shape index (κ3) is 3.77. The van der Waals surface area contributed by atoms with Crippen molar-refractivity contribution in [2.45, 2.75) is 24.9 Å². The Labute approximate surface area is 129 Å². The fraction of sp³-hybridized carbons (Fsp3) is 1.00. The van der Waals surface area contributed by atoms with E-state index in [1.165, 1.54) is 13.8 Å². The Morgan fingerprint density at radius 1 is 0.826 bits per heavy atom. The molecular weight excluding hydrogens is 362 g/mol. The highest BCUT2D eigenvalue weighted by Gasteiger charge is 2.55. The van der Waals surface area contributed by atoms with Crippen LogP contribution in [0.15, 0.2) is 0 Å². The molecule has 0 atom stereocenters. The van der Waals surface area contributed by atoms with Gasteiger partial charge in [-0.25, -0.2) is 9.13 Å². The van der Waals surface area contributed by atoms with E-state index in [-0.39, 0.29) is 0 Å². The van der Waals surface area contributed by atoms with Crippen LogP contribution in [-0.2, 0) is 31.5 Å². The van der Waals surface area contributed by atoms with E-state index in [0.717, 1.165) is 0 Å². The molecule has 2 aliphatic heterocycles. The van der Waals surface area contributed by atoms with Crippen molar-refractivity contribution in [3.63, 3.8) is 0 Å². The molecule has 2 aliphatic rings. The zero-order valence-corrected chi connectivity index (χ0v) is 13.9. The van der Waals surface area contributed by atoms with Crippen LogP contribution >= 0.6 is 15.6 Å². The topological polar surface area (TPSA) is 167 Å². The minimum atomic E-state index is -4.42. The molecule has 0 bridgehead atoms. The second-order valence-electron chi connectivity index (χ2n) is 5.58. The molecule has 0 N–H and O–H groups in total. The van der Waals surface area contributed by atoms with Gasteiger partial charge >= 0.3 is 15.6 Å². The van der Waals surface area contributed by atoms with Crippen LogP contribution in [0.5, 0.6) is 0 Å². The molecular formula is C8H14N2O11P2. The number of rotatable bonds is 4. The van der Waals surface area contributed by atoms with Crippen LogP contribution in [0.2, 0.25) is 0 Å². The summed E-state index contributed by atoms with van der Waals surface area (Å²) >= 11 is 0. The summed E-state index contributed by atoms with van der Waals surface area (Å²) in [5, 5.41) is 21.6. The fourth-order valence-corrected chi connectivity index (χ4v) is 5.09. The zero-order chi connectivity index (χ0) is 17.5. The lowest BCUT2D eigenvalue weighted by Crippen LogP contribution is -2.47.